The molecule has 0 rings (SSSR count). The van der Waals surface area contributed by atoms with Gasteiger partial charge >= 0.3 is 17.9 Å². The lowest BCUT2D eigenvalue weighted by molar-refractivity contribution is -0.167. The molecule has 0 heterocycles. The maximum absolute atomic E-state index is 12.9. The largest absolute Gasteiger partial charge is 0.462 e. The Morgan fingerprint density at radius 1 is 0.256 bits per heavy atom. The predicted molar refractivity (Wildman–Crippen MR) is 357 cm³/mol. The van der Waals surface area contributed by atoms with E-state index in [4.69, 9.17) is 14.2 Å². The number of unbranched alkanes of at least 4 members (excludes halogenated alkanes) is 34. The zero-order valence-corrected chi connectivity index (χ0v) is 54.0. The van der Waals surface area contributed by atoms with Gasteiger partial charge in [0.2, 0.25) is 0 Å². The fraction of sp³-hybridized carbons (Fsp3) is 0.724. The van der Waals surface area contributed by atoms with E-state index in [1.54, 1.807) is 0 Å². The molecule has 0 amide bonds. The standard InChI is InChI=1S/C76H130O6/c1-4-7-10-13-16-19-22-24-26-28-30-32-34-35-36-37-38-39-40-41-43-44-46-48-50-52-54-57-60-63-66-69-75(78)81-72-73(71-80-74(77)68-65-62-59-56-21-18-15-12-9-6-3)82-76(79)70-67-64-61-58-55-53-51-49-47-45-42-33-31-29-27-25-23-20-17-14-11-8-5-2/h7,10,16,19,24,26,30,32,35-36,38-39,41,43,46,48,52,54,73H,4-6,8-9,11-15,17-18,20-23,25,27-29,31,33-34,37,40,42,44-45,47,49-51,53,55-72H2,1-3H3/b10-7-,19-16-,26-24-,32-30-,36-35-,39-38-,43-41-,48-46-,54-52-. The normalized spacial score (nSPS) is 12.8. The third-order valence-corrected chi connectivity index (χ3v) is 15.0. The molecule has 0 aliphatic rings. The van der Waals surface area contributed by atoms with E-state index in [0.717, 1.165) is 122 Å². The van der Waals surface area contributed by atoms with Gasteiger partial charge in [-0.3, -0.25) is 14.4 Å². The Hall–Kier alpha value is -3.93. The second kappa shape index (κ2) is 69.6. The molecule has 6 nitrogen and oxygen atoms in total. The molecule has 1 unspecified atom stereocenters. The van der Waals surface area contributed by atoms with Crippen LogP contribution in [0.1, 0.15) is 335 Å². The Bertz CT molecular complexity index is 1640. The summed E-state index contributed by atoms with van der Waals surface area (Å²) in [6.07, 6.45) is 95.5. The molecule has 0 radical (unpaired) electrons. The SMILES string of the molecule is CC/C=C\C/C=C\C/C=C\C/C=C\C/C=C\C/C=C\C/C=C\C/C=C\C/C=C\CCCCCC(=O)OCC(COC(=O)CCCCCCCCCCCC)OC(=O)CCCCCCCCCCCCCCCCCCCCCCCCC. The third kappa shape index (κ3) is 66.9. The summed E-state index contributed by atoms with van der Waals surface area (Å²) in [5.41, 5.74) is 0. The Kier molecular flexibility index (Phi) is 66.2. The van der Waals surface area contributed by atoms with Crippen LogP contribution in [0.15, 0.2) is 109 Å². The van der Waals surface area contributed by atoms with Gasteiger partial charge in [0.05, 0.1) is 0 Å². The highest BCUT2D eigenvalue weighted by Crippen LogP contribution is 2.17. The minimum Gasteiger partial charge on any atom is -0.462 e. The summed E-state index contributed by atoms with van der Waals surface area (Å²) >= 11 is 0. The van der Waals surface area contributed by atoms with Crippen LogP contribution >= 0.6 is 0 Å². The van der Waals surface area contributed by atoms with Gasteiger partial charge in [-0.1, -0.05) is 336 Å². The molecule has 6 heteroatoms. The molecular weight excluding hydrogens is 1010 g/mol. The second-order valence-corrected chi connectivity index (χ2v) is 23.1. The van der Waals surface area contributed by atoms with Crippen LogP contribution in [0.2, 0.25) is 0 Å². The lowest BCUT2D eigenvalue weighted by Gasteiger charge is -2.18. The van der Waals surface area contributed by atoms with Crippen molar-refractivity contribution in [2.24, 2.45) is 0 Å². The maximum atomic E-state index is 12.9. The number of esters is 3. The minimum atomic E-state index is -0.791. The van der Waals surface area contributed by atoms with Crippen molar-refractivity contribution < 1.29 is 28.6 Å². The molecule has 0 aromatic heterocycles. The lowest BCUT2D eigenvalue weighted by atomic mass is 10.0. The summed E-state index contributed by atoms with van der Waals surface area (Å²) < 4.78 is 16.9. The zero-order valence-electron chi connectivity index (χ0n) is 54.0. The quantitative estimate of drug-likeness (QED) is 0.0261. The number of hydrogen-bond donors (Lipinski definition) is 0. The van der Waals surface area contributed by atoms with E-state index in [1.165, 1.54) is 173 Å². The second-order valence-electron chi connectivity index (χ2n) is 23.1. The van der Waals surface area contributed by atoms with Crippen molar-refractivity contribution in [3.63, 3.8) is 0 Å². The zero-order chi connectivity index (χ0) is 59.2. The highest BCUT2D eigenvalue weighted by atomic mass is 16.6. The number of rotatable bonds is 63. The highest BCUT2D eigenvalue weighted by Gasteiger charge is 2.19. The van der Waals surface area contributed by atoms with Gasteiger partial charge in [-0.05, 0) is 89.9 Å². The number of carbonyl (C=O) groups excluding carboxylic acids is 3. The van der Waals surface area contributed by atoms with E-state index in [1.807, 2.05) is 0 Å². The predicted octanol–water partition coefficient (Wildman–Crippen LogP) is 24.2. The Morgan fingerprint density at radius 2 is 0.476 bits per heavy atom. The van der Waals surface area contributed by atoms with Gasteiger partial charge in [0.15, 0.2) is 6.10 Å². The van der Waals surface area contributed by atoms with Gasteiger partial charge in [0.25, 0.3) is 0 Å². The number of allylic oxidation sites excluding steroid dienone is 18. The average molecular weight is 1140 g/mol. The van der Waals surface area contributed by atoms with Gasteiger partial charge in [-0.25, -0.2) is 0 Å². The van der Waals surface area contributed by atoms with Crippen LogP contribution in [-0.2, 0) is 28.6 Å². The Morgan fingerprint density at radius 3 is 0.744 bits per heavy atom. The van der Waals surface area contributed by atoms with Crippen molar-refractivity contribution in [3.05, 3.63) is 109 Å². The first-order valence-corrected chi connectivity index (χ1v) is 34.9. The van der Waals surface area contributed by atoms with Crippen LogP contribution in [0.4, 0.5) is 0 Å². The molecule has 0 saturated heterocycles. The molecule has 470 valence electrons. The minimum absolute atomic E-state index is 0.0850. The highest BCUT2D eigenvalue weighted by molar-refractivity contribution is 5.71. The van der Waals surface area contributed by atoms with Gasteiger partial charge < -0.3 is 14.2 Å². The van der Waals surface area contributed by atoms with Gasteiger partial charge in [-0.15, -0.1) is 0 Å². The summed E-state index contributed by atoms with van der Waals surface area (Å²) in [6, 6.07) is 0. The molecular formula is C76H130O6. The fourth-order valence-corrected chi connectivity index (χ4v) is 9.85. The first-order valence-electron chi connectivity index (χ1n) is 34.9. The van der Waals surface area contributed by atoms with Gasteiger partial charge in [0.1, 0.15) is 13.2 Å². The van der Waals surface area contributed by atoms with Crippen molar-refractivity contribution in [3.8, 4) is 0 Å². The van der Waals surface area contributed by atoms with E-state index in [0.29, 0.717) is 19.3 Å². The van der Waals surface area contributed by atoms with E-state index in [2.05, 4.69) is 130 Å². The van der Waals surface area contributed by atoms with Crippen LogP contribution in [-0.4, -0.2) is 37.2 Å². The van der Waals surface area contributed by atoms with Gasteiger partial charge in [-0.2, -0.15) is 0 Å². The number of carbonyl (C=O) groups is 3. The van der Waals surface area contributed by atoms with Crippen LogP contribution in [0, 0.1) is 0 Å². The van der Waals surface area contributed by atoms with Crippen molar-refractivity contribution in [2.45, 2.75) is 341 Å². The summed E-state index contributed by atoms with van der Waals surface area (Å²) in [5, 5.41) is 0. The lowest BCUT2D eigenvalue weighted by Crippen LogP contribution is -2.30. The molecule has 0 spiro atoms. The Labute approximate surface area is 508 Å². The van der Waals surface area contributed by atoms with Crippen molar-refractivity contribution in [1.29, 1.82) is 0 Å². The smallest absolute Gasteiger partial charge is 0.306 e. The summed E-state index contributed by atoms with van der Waals surface area (Å²) in [4.78, 5) is 38.3. The van der Waals surface area contributed by atoms with E-state index < -0.39 is 6.10 Å². The summed E-state index contributed by atoms with van der Waals surface area (Å²) in [7, 11) is 0. The van der Waals surface area contributed by atoms with Gasteiger partial charge in [0, 0.05) is 19.3 Å². The molecule has 0 aromatic carbocycles. The number of hydrogen-bond acceptors (Lipinski definition) is 6. The van der Waals surface area contributed by atoms with E-state index in [-0.39, 0.29) is 31.1 Å². The van der Waals surface area contributed by atoms with Crippen LogP contribution in [0.25, 0.3) is 0 Å². The van der Waals surface area contributed by atoms with Crippen molar-refractivity contribution in [1.82, 2.24) is 0 Å². The maximum Gasteiger partial charge on any atom is 0.306 e. The van der Waals surface area contributed by atoms with E-state index >= 15 is 0 Å². The first-order chi connectivity index (χ1) is 40.5. The molecule has 82 heavy (non-hydrogen) atoms. The molecule has 0 aliphatic carbocycles. The van der Waals surface area contributed by atoms with Crippen LogP contribution < -0.4 is 0 Å². The molecule has 0 saturated carbocycles. The van der Waals surface area contributed by atoms with Crippen molar-refractivity contribution in [2.75, 3.05) is 13.2 Å². The monoisotopic (exact) mass is 1140 g/mol. The molecule has 0 N–H and O–H groups in total. The average Bonchev–Trinajstić information content (AvgIpc) is 3.47. The summed E-state index contributed by atoms with van der Waals surface area (Å²) in [6.45, 7) is 6.53. The topological polar surface area (TPSA) is 78.9 Å². The van der Waals surface area contributed by atoms with Crippen LogP contribution in [0.5, 0.6) is 0 Å². The molecule has 0 aliphatic heterocycles. The van der Waals surface area contributed by atoms with E-state index in [9.17, 15) is 14.4 Å². The van der Waals surface area contributed by atoms with Crippen molar-refractivity contribution >= 4 is 17.9 Å². The summed E-state index contributed by atoms with van der Waals surface area (Å²) in [5.74, 6) is -0.907. The van der Waals surface area contributed by atoms with Crippen LogP contribution in [0.3, 0.4) is 0 Å². The molecule has 1 atom stereocenters. The first kappa shape index (κ1) is 78.1. The number of ether oxygens (including phenoxy) is 3. The Balaban J connectivity index is 4.28. The molecule has 0 aromatic rings. The molecule has 0 bridgehead atoms. The third-order valence-electron chi connectivity index (χ3n) is 15.0. The fourth-order valence-electron chi connectivity index (χ4n) is 9.85. The molecule has 0 fully saturated rings.